The van der Waals surface area contributed by atoms with E-state index in [4.69, 9.17) is 21.7 Å². The molecule has 2 saturated heterocycles. The molecule has 0 saturated carbocycles. The normalized spacial score (nSPS) is 20.4. The minimum atomic E-state index is -0.0294. The van der Waals surface area contributed by atoms with Gasteiger partial charge in [-0.15, -0.1) is 0 Å². The van der Waals surface area contributed by atoms with Crippen molar-refractivity contribution < 1.29 is 9.47 Å². The molecule has 2 atom stereocenters. The number of morpholine rings is 1. The Morgan fingerprint density at radius 3 is 2.51 bits per heavy atom. The zero-order valence-electron chi connectivity index (χ0n) is 20.6. The molecule has 184 valence electrons. The first-order chi connectivity index (χ1) is 17.1. The molecule has 0 unspecified atom stereocenters. The van der Waals surface area contributed by atoms with Crippen molar-refractivity contribution in [2.24, 2.45) is 0 Å². The quantitative estimate of drug-likeness (QED) is 0.503. The Bertz CT molecular complexity index is 1160. The molecule has 1 N–H and O–H groups in total. The highest BCUT2D eigenvalue weighted by Gasteiger charge is 2.41. The van der Waals surface area contributed by atoms with Crippen molar-refractivity contribution in [2.45, 2.75) is 25.9 Å². The van der Waals surface area contributed by atoms with Gasteiger partial charge in [-0.1, -0.05) is 6.07 Å². The summed E-state index contributed by atoms with van der Waals surface area (Å²) in [6, 6.07) is 17.2. The van der Waals surface area contributed by atoms with Gasteiger partial charge in [-0.05, 0) is 74.1 Å². The second kappa shape index (κ2) is 10.4. The number of hydrogen-bond donors (Lipinski definition) is 1. The molecule has 5 rings (SSSR count). The number of anilines is 1. The third-order valence-electron chi connectivity index (χ3n) is 7.01. The highest BCUT2D eigenvalue weighted by atomic mass is 32.1. The van der Waals surface area contributed by atoms with E-state index in [9.17, 15) is 0 Å². The topological polar surface area (TPSA) is 54.8 Å². The van der Waals surface area contributed by atoms with Gasteiger partial charge in [0.1, 0.15) is 0 Å². The van der Waals surface area contributed by atoms with Crippen LogP contribution in [0.15, 0.2) is 54.7 Å². The van der Waals surface area contributed by atoms with E-state index in [1.807, 2.05) is 18.3 Å². The number of pyridine rings is 1. The van der Waals surface area contributed by atoms with Crippen LogP contribution in [0.4, 0.5) is 5.69 Å². The average molecular weight is 492 g/mol. The summed E-state index contributed by atoms with van der Waals surface area (Å²) in [6.45, 7) is 9.14. The number of aryl methyl sites for hydroxylation is 1. The van der Waals surface area contributed by atoms with Gasteiger partial charge in [0.25, 0.3) is 0 Å². The highest BCUT2D eigenvalue weighted by Crippen LogP contribution is 2.41. The maximum atomic E-state index is 5.77. The minimum Gasteiger partial charge on any atom is -0.383 e. The maximum Gasteiger partial charge on any atom is 0.170 e. The van der Waals surface area contributed by atoms with E-state index in [0.717, 1.165) is 42.8 Å². The smallest absolute Gasteiger partial charge is 0.170 e. The van der Waals surface area contributed by atoms with Crippen LogP contribution in [0.3, 0.4) is 0 Å². The monoisotopic (exact) mass is 491 g/mol. The summed E-state index contributed by atoms with van der Waals surface area (Å²) in [5, 5.41) is 4.27. The zero-order chi connectivity index (χ0) is 24.4. The molecule has 2 fully saturated rings. The predicted molar refractivity (Wildman–Crippen MR) is 142 cm³/mol. The van der Waals surface area contributed by atoms with E-state index in [0.29, 0.717) is 13.2 Å². The Morgan fingerprint density at radius 1 is 1.09 bits per heavy atom. The van der Waals surface area contributed by atoms with Crippen LogP contribution < -0.4 is 10.2 Å². The molecular weight excluding hydrogens is 458 g/mol. The van der Waals surface area contributed by atoms with Gasteiger partial charge < -0.3 is 29.2 Å². The first-order valence-corrected chi connectivity index (χ1v) is 12.6. The Morgan fingerprint density at radius 2 is 1.83 bits per heavy atom. The molecule has 0 bridgehead atoms. The fourth-order valence-corrected chi connectivity index (χ4v) is 5.62. The molecule has 7 nitrogen and oxygen atoms in total. The lowest BCUT2D eigenvalue weighted by molar-refractivity contribution is 0.122. The molecule has 3 aromatic rings. The van der Waals surface area contributed by atoms with Crippen molar-refractivity contribution in [3.63, 3.8) is 0 Å². The number of aromatic nitrogens is 2. The van der Waals surface area contributed by atoms with Crippen LogP contribution in [0.25, 0.3) is 5.69 Å². The fraction of sp³-hybridized carbons (Fsp3) is 0.407. The third-order valence-corrected chi connectivity index (χ3v) is 7.36. The third kappa shape index (κ3) is 4.66. The van der Waals surface area contributed by atoms with Crippen molar-refractivity contribution in [3.8, 4) is 5.69 Å². The summed E-state index contributed by atoms with van der Waals surface area (Å²) in [5.41, 5.74) is 7.04. The van der Waals surface area contributed by atoms with Gasteiger partial charge in [0, 0.05) is 55.7 Å². The summed E-state index contributed by atoms with van der Waals surface area (Å²) in [4.78, 5) is 9.28. The molecule has 0 amide bonds. The number of hydrogen-bond acceptors (Lipinski definition) is 5. The number of ether oxygens (including phenoxy) is 2. The molecular formula is C27H33N5O2S. The SMILES string of the molecule is COCCN1C(=S)N[C@H](c2ccccn2)[C@@H]1c1cc(C)n(-c2ccc(N3CCOCC3)cc2)c1C. The second-order valence-corrected chi connectivity index (χ2v) is 9.48. The Balaban J connectivity index is 1.50. The van der Waals surface area contributed by atoms with E-state index >= 15 is 0 Å². The number of nitrogens with zero attached hydrogens (tertiary/aromatic N) is 4. The average Bonchev–Trinajstić information content (AvgIpc) is 3.38. The Hall–Kier alpha value is -2.94. The molecule has 0 aliphatic carbocycles. The molecule has 0 spiro atoms. The van der Waals surface area contributed by atoms with E-state index < -0.39 is 0 Å². The molecule has 2 aliphatic heterocycles. The van der Waals surface area contributed by atoms with Gasteiger partial charge >= 0.3 is 0 Å². The summed E-state index contributed by atoms with van der Waals surface area (Å²) >= 11 is 5.77. The van der Waals surface area contributed by atoms with E-state index in [-0.39, 0.29) is 12.1 Å². The van der Waals surface area contributed by atoms with Gasteiger partial charge in [-0.3, -0.25) is 4.98 Å². The first kappa shape index (κ1) is 23.8. The lowest BCUT2D eigenvalue weighted by Gasteiger charge is -2.29. The van der Waals surface area contributed by atoms with Crippen LogP contribution in [0.1, 0.15) is 34.7 Å². The molecule has 35 heavy (non-hydrogen) atoms. The fourth-order valence-electron chi connectivity index (χ4n) is 5.29. The van der Waals surface area contributed by atoms with Gasteiger partial charge in [-0.25, -0.2) is 0 Å². The maximum absolute atomic E-state index is 5.77. The zero-order valence-corrected chi connectivity index (χ0v) is 21.4. The number of methoxy groups -OCH3 is 1. The van der Waals surface area contributed by atoms with Crippen LogP contribution in [-0.4, -0.2) is 66.1 Å². The molecule has 4 heterocycles. The Labute approximate surface area is 212 Å². The molecule has 2 aliphatic rings. The van der Waals surface area contributed by atoms with Gasteiger partial charge in [0.05, 0.1) is 37.6 Å². The highest BCUT2D eigenvalue weighted by molar-refractivity contribution is 7.80. The van der Waals surface area contributed by atoms with Gasteiger partial charge in [0.2, 0.25) is 0 Å². The summed E-state index contributed by atoms with van der Waals surface area (Å²) < 4.78 is 13.2. The molecule has 0 radical (unpaired) electrons. The summed E-state index contributed by atoms with van der Waals surface area (Å²) in [5.74, 6) is 0. The van der Waals surface area contributed by atoms with Crippen LogP contribution in [0.2, 0.25) is 0 Å². The molecule has 1 aromatic carbocycles. The number of benzene rings is 1. The van der Waals surface area contributed by atoms with Crippen LogP contribution in [0, 0.1) is 13.8 Å². The number of rotatable bonds is 7. The van der Waals surface area contributed by atoms with Crippen molar-refractivity contribution in [1.82, 2.24) is 19.8 Å². The summed E-state index contributed by atoms with van der Waals surface area (Å²) in [7, 11) is 1.73. The largest absolute Gasteiger partial charge is 0.383 e. The van der Waals surface area contributed by atoms with Crippen LogP contribution in [0.5, 0.6) is 0 Å². The molecule has 8 heteroatoms. The first-order valence-electron chi connectivity index (χ1n) is 12.2. The lowest BCUT2D eigenvalue weighted by Crippen LogP contribution is -2.36. The summed E-state index contributed by atoms with van der Waals surface area (Å²) in [6.07, 6.45) is 1.84. The van der Waals surface area contributed by atoms with Crippen LogP contribution in [-0.2, 0) is 9.47 Å². The predicted octanol–water partition coefficient (Wildman–Crippen LogP) is 3.94. The lowest BCUT2D eigenvalue weighted by atomic mass is 9.97. The van der Waals surface area contributed by atoms with Gasteiger partial charge in [0.15, 0.2) is 5.11 Å². The van der Waals surface area contributed by atoms with Crippen molar-refractivity contribution in [3.05, 3.63) is 77.4 Å². The van der Waals surface area contributed by atoms with E-state index in [2.05, 4.69) is 74.9 Å². The Kier molecular flexibility index (Phi) is 7.04. The minimum absolute atomic E-state index is 0.0279. The van der Waals surface area contributed by atoms with E-state index in [1.165, 1.54) is 22.6 Å². The second-order valence-electron chi connectivity index (χ2n) is 9.09. The van der Waals surface area contributed by atoms with Crippen molar-refractivity contribution in [2.75, 3.05) is 51.5 Å². The number of nitrogens with one attached hydrogen (secondary N) is 1. The van der Waals surface area contributed by atoms with Crippen LogP contribution >= 0.6 is 12.2 Å². The van der Waals surface area contributed by atoms with Crippen molar-refractivity contribution >= 4 is 23.0 Å². The van der Waals surface area contributed by atoms with Crippen molar-refractivity contribution in [1.29, 1.82) is 0 Å². The van der Waals surface area contributed by atoms with Gasteiger partial charge in [-0.2, -0.15) is 0 Å². The van der Waals surface area contributed by atoms with E-state index in [1.54, 1.807) is 7.11 Å². The number of thiocarbonyl (C=S) groups is 1. The molecule has 2 aromatic heterocycles. The standard InChI is InChI=1S/C27H33N5O2S/c1-19-18-23(20(2)32(19)22-9-7-21(8-10-22)30-12-16-34-17-13-30)26-25(24-6-4-5-11-28-24)29-27(35)31(26)14-15-33-3/h4-11,18,25-26H,12-17H2,1-3H3,(H,29,35)/t25-,26+/m1/s1.